The van der Waals surface area contributed by atoms with Gasteiger partial charge in [0.15, 0.2) is 5.82 Å². The summed E-state index contributed by atoms with van der Waals surface area (Å²) in [5.41, 5.74) is 7.44. The van der Waals surface area contributed by atoms with E-state index in [1.54, 1.807) is 6.33 Å². The Hall–Kier alpha value is -2.89. The molecule has 5 rings (SSSR count). The van der Waals surface area contributed by atoms with E-state index in [0.29, 0.717) is 5.92 Å². The van der Waals surface area contributed by atoms with Crippen molar-refractivity contribution in [1.29, 1.82) is 0 Å². The molecule has 0 radical (unpaired) electrons. The molecule has 3 aromatic rings. The highest BCUT2D eigenvalue weighted by Crippen LogP contribution is 2.40. The molecule has 1 aromatic heterocycles. The van der Waals surface area contributed by atoms with Crippen LogP contribution in [-0.4, -0.2) is 25.4 Å². The van der Waals surface area contributed by atoms with E-state index in [1.807, 2.05) is 0 Å². The van der Waals surface area contributed by atoms with Gasteiger partial charge in [-0.15, -0.1) is 0 Å². The van der Waals surface area contributed by atoms with E-state index >= 15 is 0 Å². The second-order valence-corrected chi connectivity index (χ2v) is 10.8. The Bertz CT molecular complexity index is 1270. The van der Waals surface area contributed by atoms with E-state index in [1.165, 1.54) is 21.6 Å². The fraction of sp³-hybridized carbons (Fsp3) is 0.286. The van der Waals surface area contributed by atoms with Gasteiger partial charge >= 0.3 is 0 Å². The highest BCUT2D eigenvalue weighted by Gasteiger charge is 2.27. The summed E-state index contributed by atoms with van der Waals surface area (Å²) in [6.45, 7) is 8.30. The van der Waals surface area contributed by atoms with Crippen molar-refractivity contribution in [3.8, 4) is 0 Å². The number of hydrogen-bond donors (Lipinski definition) is 0. The van der Waals surface area contributed by atoms with Gasteiger partial charge in [0.05, 0.1) is 12.2 Å². The van der Waals surface area contributed by atoms with Gasteiger partial charge in [0.2, 0.25) is 0 Å². The minimum absolute atomic E-state index is 0.0837. The maximum atomic E-state index is 5.07. The van der Waals surface area contributed by atoms with Crippen LogP contribution in [0.2, 0.25) is 0 Å². The summed E-state index contributed by atoms with van der Waals surface area (Å²) in [4.78, 5) is 15.7. The largest absolute Gasteiger partial charge is 0.242 e. The van der Waals surface area contributed by atoms with E-state index in [4.69, 9.17) is 4.99 Å². The van der Waals surface area contributed by atoms with Crippen LogP contribution in [-0.2, 0) is 19.5 Å². The van der Waals surface area contributed by atoms with E-state index in [2.05, 4.69) is 101 Å². The van der Waals surface area contributed by atoms with Crippen LogP contribution in [0.1, 0.15) is 54.1 Å². The zero-order valence-electron chi connectivity index (χ0n) is 19.5. The summed E-state index contributed by atoms with van der Waals surface area (Å²) in [7, 11) is -0.0837. The lowest BCUT2D eigenvalue weighted by Crippen LogP contribution is -2.10. The van der Waals surface area contributed by atoms with Crippen LogP contribution in [0, 0.1) is 6.92 Å². The van der Waals surface area contributed by atoms with Gasteiger partial charge in [0.1, 0.15) is 6.33 Å². The van der Waals surface area contributed by atoms with Crippen molar-refractivity contribution < 1.29 is 0 Å². The molecule has 0 saturated heterocycles. The number of nitrogens with zero attached hydrogens (tertiary/aromatic N) is 4. The van der Waals surface area contributed by atoms with Crippen molar-refractivity contribution in [3.63, 3.8) is 0 Å². The van der Waals surface area contributed by atoms with Crippen LogP contribution in [0.5, 0.6) is 0 Å². The maximum absolute atomic E-state index is 5.07. The third-order valence-electron chi connectivity index (χ3n) is 6.50. The Kier molecular flexibility index (Phi) is 6.34. The first-order valence-electron chi connectivity index (χ1n) is 11.6. The predicted octanol–water partition coefficient (Wildman–Crippen LogP) is 6.54. The number of allylic oxidation sites excluding steroid dienone is 2. The van der Waals surface area contributed by atoms with Crippen molar-refractivity contribution in [3.05, 3.63) is 95.0 Å². The van der Waals surface area contributed by atoms with Gasteiger partial charge in [-0.05, 0) is 60.4 Å². The minimum Gasteiger partial charge on any atom is -0.242 e. The molecule has 5 heteroatoms. The lowest BCUT2D eigenvalue weighted by atomic mass is 9.88. The van der Waals surface area contributed by atoms with Gasteiger partial charge in [0.25, 0.3) is 0 Å². The molecule has 2 aliphatic rings. The molecular weight excluding hydrogens is 424 g/mol. The Balaban J connectivity index is 1.46. The van der Waals surface area contributed by atoms with E-state index in [9.17, 15) is 0 Å². The number of hydrogen-bond acceptors (Lipinski definition) is 4. The maximum Gasteiger partial charge on any atom is 0.160 e. The molecule has 0 bridgehead atoms. The third kappa shape index (κ3) is 4.48. The zero-order valence-corrected chi connectivity index (χ0v) is 20.3. The van der Waals surface area contributed by atoms with Gasteiger partial charge in [-0.3, -0.25) is 0 Å². The molecule has 0 amide bonds. The second-order valence-electron chi connectivity index (χ2n) is 8.75. The minimum atomic E-state index is -0.0837. The third-order valence-corrected chi connectivity index (χ3v) is 8.67. The quantitative estimate of drug-likeness (QED) is 0.422. The zero-order chi connectivity index (χ0) is 22.8. The number of aromatic nitrogens is 2. The van der Waals surface area contributed by atoms with E-state index in [-0.39, 0.29) is 10.7 Å². The Morgan fingerprint density at radius 2 is 1.88 bits per heavy atom. The number of rotatable bonds is 3. The van der Waals surface area contributed by atoms with Crippen LogP contribution in [0.15, 0.2) is 76.9 Å². The highest BCUT2D eigenvalue weighted by molar-refractivity contribution is 8.13. The van der Waals surface area contributed by atoms with Crippen molar-refractivity contribution in [2.45, 2.75) is 57.5 Å². The van der Waals surface area contributed by atoms with Crippen LogP contribution < -0.4 is 0 Å². The molecule has 0 spiro atoms. The number of aliphatic imine (C=N–C) groups is 1. The number of aryl methyl sites for hydroxylation is 1. The lowest BCUT2D eigenvalue weighted by molar-refractivity contribution is 0.504. The molecule has 0 fully saturated rings. The first-order chi connectivity index (χ1) is 16.1. The van der Waals surface area contributed by atoms with Crippen LogP contribution >= 0.6 is 10.7 Å². The van der Waals surface area contributed by atoms with Gasteiger partial charge < -0.3 is 0 Å². The van der Waals surface area contributed by atoms with Crippen LogP contribution in [0.4, 0.5) is 5.82 Å². The van der Waals surface area contributed by atoms with Gasteiger partial charge in [-0.25, -0.2) is 19.3 Å². The summed E-state index contributed by atoms with van der Waals surface area (Å²) in [5.74, 6) is 1.35. The number of fused-ring (bicyclic) bond motifs is 2. The first kappa shape index (κ1) is 21.9. The molecule has 0 saturated carbocycles. The summed E-state index contributed by atoms with van der Waals surface area (Å²) >= 11 is 0. The fourth-order valence-electron chi connectivity index (χ4n) is 4.76. The van der Waals surface area contributed by atoms with Gasteiger partial charge in [0, 0.05) is 29.1 Å². The van der Waals surface area contributed by atoms with Crippen molar-refractivity contribution in [2.24, 2.45) is 4.99 Å². The summed E-state index contributed by atoms with van der Waals surface area (Å²) in [5, 5.41) is 2.31. The lowest BCUT2D eigenvalue weighted by Gasteiger charge is -2.22. The van der Waals surface area contributed by atoms with Crippen LogP contribution in [0.25, 0.3) is 0 Å². The molecule has 2 atom stereocenters. The standard InChI is InChI=1S/C28H30N4S/c1-4-33(27-15-8-5-10-21(27)3)32-17-25-26(18-32)29-19-30-28(25)31-23-13-9-11-20(2)24-14-7-6-12-22(24)16-23/h4-10,12-15,19-20H,11,16-18H2,1-3H3. The molecule has 33 heavy (non-hydrogen) atoms. The highest BCUT2D eigenvalue weighted by atomic mass is 32.2. The average Bonchev–Trinajstić information content (AvgIpc) is 3.25. The molecular formula is C28H30N4S. The summed E-state index contributed by atoms with van der Waals surface area (Å²) in [6.07, 6.45) is 7.97. The molecule has 0 N–H and O–H groups in total. The first-order valence-corrected chi connectivity index (χ1v) is 12.9. The molecule has 4 nitrogen and oxygen atoms in total. The Morgan fingerprint density at radius 1 is 1.06 bits per heavy atom. The number of benzene rings is 2. The average molecular weight is 455 g/mol. The smallest absolute Gasteiger partial charge is 0.160 e. The van der Waals surface area contributed by atoms with Gasteiger partial charge in [-0.2, -0.15) is 0 Å². The van der Waals surface area contributed by atoms with Gasteiger partial charge in [-0.1, -0.05) is 66.1 Å². The fourth-order valence-corrected chi connectivity index (χ4v) is 6.73. The van der Waals surface area contributed by atoms with E-state index in [0.717, 1.165) is 48.7 Å². The van der Waals surface area contributed by atoms with Crippen molar-refractivity contribution in [1.82, 2.24) is 14.3 Å². The SMILES string of the molecule is CC=S(c1ccccc1C)N1Cc2ncnc(N=C3C=CCC(C)c4ccccc4C3)c2C1. The van der Waals surface area contributed by atoms with Crippen molar-refractivity contribution in [2.75, 3.05) is 0 Å². The van der Waals surface area contributed by atoms with E-state index < -0.39 is 0 Å². The van der Waals surface area contributed by atoms with Crippen molar-refractivity contribution >= 4 is 27.6 Å². The summed E-state index contributed by atoms with van der Waals surface area (Å²) in [6, 6.07) is 17.4. The molecule has 1 aliphatic carbocycles. The monoisotopic (exact) mass is 454 g/mol. The second kappa shape index (κ2) is 9.54. The normalized spacial score (nSPS) is 20.3. The summed E-state index contributed by atoms with van der Waals surface area (Å²) < 4.78 is 2.50. The Morgan fingerprint density at radius 3 is 2.73 bits per heavy atom. The molecule has 2 unspecified atom stereocenters. The topological polar surface area (TPSA) is 41.4 Å². The predicted molar refractivity (Wildman–Crippen MR) is 139 cm³/mol. The Labute approximate surface area is 199 Å². The molecule has 168 valence electrons. The molecule has 2 aromatic carbocycles. The molecule has 2 heterocycles. The van der Waals surface area contributed by atoms with Crippen LogP contribution in [0.3, 0.4) is 0 Å². The molecule has 1 aliphatic heterocycles.